The molecule has 0 aliphatic heterocycles. The van der Waals surface area contributed by atoms with Crippen molar-refractivity contribution in [2.24, 2.45) is 16.2 Å². The zero-order valence-corrected chi connectivity index (χ0v) is 24.6. The molecule has 0 amide bonds. The van der Waals surface area contributed by atoms with Gasteiger partial charge in [0.25, 0.3) is 0 Å². The van der Waals surface area contributed by atoms with Gasteiger partial charge in [-0.2, -0.15) is 0 Å². The van der Waals surface area contributed by atoms with Crippen molar-refractivity contribution in [1.82, 2.24) is 0 Å². The van der Waals surface area contributed by atoms with E-state index in [1.54, 1.807) is 45.1 Å². The van der Waals surface area contributed by atoms with E-state index in [0.717, 1.165) is 0 Å². The third-order valence-electron chi connectivity index (χ3n) is 9.94. The Morgan fingerprint density at radius 1 is 0.355 bits per heavy atom. The van der Waals surface area contributed by atoms with Gasteiger partial charge in [-0.15, -0.1) is 0 Å². The molecule has 0 unspecified atom stereocenters. The maximum absolute atomic E-state index is 2.50. The van der Waals surface area contributed by atoms with Gasteiger partial charge in [0.1, 0.15) is 0 Å². The molecular formula is C30H45Ti. The van der Waals surface area contributed by atoms with Crippen LogP contribution in [0.5, 0.6) is 0 Å². The first-order valence-electron chi connectivity index (χ1n) is 12.0. The Labute approximate surface area is 199 Å². The molecule has 169 valence electrons. The van der Waals surface area contributed by atoms with Gasteiger partial charge in [-0.1, -0.05) is 0 Å². The molecule has 3 aliphatic carbocycles. The Bertz CT molecular complexity index is 930. The summed E-state index contributed by atoms with van der Waals surface area (Å²) in [4.78, 5) is 0. The molecule has 0 radical (unpaired) electrons. The fourth-order valence-electron chi connectivity index (χ4n) is 6.66. The summed E-state index contributed by atoms with van der Waals surface area (Å²) < 4.78 is 5.41. The quantitative estimate of drug-likeness (QED) is 0.373. The molecule has 0 spiro atoms. The predicted octanol–water partition coefficient (Wildman–Crippen LogP) is 9.56. The minimum atomic E-state index is -2.06. The Morgan fingerprint density at radius 2 is 0.548 bits per heavy atom. The van der Waals surface area contributed by atoms with Crippen LogP contribution in [0, 0.1) is 16.2 Å². The Kier molecular flexibility index (Phi) is 5.86. The molecule has 3 aliphatic rings. The molecule has 3 rings (SSSR count). The molecule has 0 saturated heterocycles. The van der Waals surface area contributed by atoms with Gasteiger partial charge in [-0.25, -0.2) is 0 Å². The van der Waals surface area contributed by atoms with Crippen LogP contribution >= 0.6 is 0 Å². The molecular weight excluding hydrogens is 408 g/mol. The monoisotopic (exact) mass is 453 g/mol. The van der Waals surface area contributed by atoms with Crippen LogP contribution in [0.25, 0.3) is 0 Å². The van der Waals surface area contributed by atoms with E-state index < -0.39 is 17.9 Å². The topological polar surface area (TPSA) is 0 Å². The van der Waals surface area contributed by atoms with E-state index in [2.05, 4.69) is 104 Å². The van der Waals surface area contributed by atoms with Crippen LogP contribution in [0.1, 0.15) is 104 Å². The molecule has 0 aromatic heterocycles. The van der Waals surface area contributed by atoms with Crippen molar-refractivity contribution in [3.8, 4) is 0 Å². The van der Waals surface area contributed by atoms with E-state index in [9.17, 15) is 0 Å². The van der Waals surface area contributed by atoms with Crippen LogP contribution in [0.15, 0.2) is 61.8 Å². The molecule has 0 heterocycles. The van der Waals surface area contributed by atoms with E-state index >= 15 is 0 Å². The summed E-state index contributed by atoms with van der Waals surface area (Å²) in [5.74, 6) is 0. The predicted molar refractivity (Wildman–Crippen MR) is 135 cm³/mol. The Hall–Kier alpha value is -0.846. The molecule has 0 nitrogen and oxygen atoms in total. The van der Waals surface area contributed by atoms with Crippen molar-refractivity contribution in [3.63, 3.8) is 0 Å². The summed E-state index contributed by atoms with van der Waals surface area (Å²) in [7, 11) is 0. The van der Waals surface area contributed by atoms with Crippen molar-refractivity contribution in [1.29, 1.82) is 0 Å². The van der Waals surface area contributed by atoms with Crippen LogP contribution in [0.2, 0.25) is 0 Å². The molecule has 0 bridgehead atoms. The van der Waals surface area contributed by atoms with E-state index in [-0.39, 0.29) is 16.2 Å². The summed E-state index contributed by atoms with van der Waals surface area (Å²) in [6.45, 7) is 36.5. The van der Waals surface area contributed by atoms with Gasteiger partial charge in [0.05, 0.1) is 0 Å². The second kappa shape index (κ2) is 7.33. The third kappa shape index (κ3) is 3.11. The molecule has 0 aromatic rings. The minimum absolute atomic E-state index is 0.144. The number of allylic oxidation sites excluding steroid dienone is 12. The Morgan fingerprint density at radius 3 is 0.677 bits per heavy atom. The van der Waals surface area contributed by atoms with Gasteiger partial charge in [-0.05, 0) is 0 Å². The van der Waals surface area contributed by atoms with Crippen LogP contribution in [-0.2, 0) is 17.9 Å². The van der Waals surface area contributed by atoms with E-state index in [1.165, 1.54) is 16.7 Å². The summed E-state index contributed by atoms with van der Waals surface area (Å²) in [5.41, 5.74) is 14.6. The van der Waals surface area contributed by atoms with E-state index in [0.29, 0.717) is 0 Å². The molecule has 0 fully saturated rings. The molecule has 31 heavy (non-hydrogen) atoms. The third-order valence-corrected chi connectivity index (χ3v) is 17.0. The number of hydrogen-bond donors (Lipinski definition) is 0. The zero-order chi connectivity index (χ0) is 24.0. The molecule has 0 aromatic carbocycles. The second-order valence-corrected chi connectivity index (χ2v) is 15.5. The SMILES string of the molecule is CC1=C(C)C(C)(C)[C]([Ti]([C]2=C(C)C(C)=C(C)C2(C)C)[C]2=C(C)C(C)=C(C)C2(C)C)=C1C. The second-order valence-electron chi connectivity index (χ2n) is 12.0. The van der Waals surface area contributed by atoms with Crippen molar-refractivity contribution in [2.45, 2.75) is 104 Å². The summed E-state index contributed by atoms with van der Waals surface area (Å²) >= 11 is -2.06. The molecule has 1 heteroatoms. The summed E-state index contributed by atoms with van der Waals surface area (Å²) in [5, 5.41) is 0. The van der Waals surface area contributed by atoms with E-state index in [1.807, 2.05) is 0 Å². The average Bonchev–Trinajstić information content (AvgIpc) is 2.99. The van der Waals surface area contributed by atoms with Gasteiger partial charge in [0, 0.05) is 0 Å². The first-order valence-corrected chi connectivity index (χ1v) is 14.3. The van der Waals surface area contributed by atoms with Crippen LogP contribution < -0.4 is 0 Å². The van der Waals surface area contributed by atoms with Crippen molar-refractivity contribution < 1.29 is 17.9 Å². The first kappa shape index (κ1) is 24.8. The molecule has 0 atom stereocenters. The molecule has 0 saturated carbocycles. The molecule has 0 N–H and O–H groups in total. The van der Waals surface area contributed by atoms with Gasteiger partial charge in [-0.3, -0.25) is 0 Å². The van der Waals surface area contributed by atoms with Gasteiger partial charge in [0.15, 0.2) is 0 Å². The average molecular weight is 454 g/mol. The summed E-state index contributed by atoms with van der Waals surface area (Å²) in [6.07, 6.45) is 0. The zero-order valence-electron chi connectivity index (χ0n) is 23.0. The van der Waals surface area contributed by atoms with Gasteiger partial charge < -0.3 is 0 Å². The van der Waals surface area contributed by atoms with Crippen molar-refractivity contribution >= 4 is 0 Å². The van der Waals surface area contributed by atoms with Crippen molar-refractivity contribution in [2.75, 3.05) is 0 Å². The fraction of sp³-hybridized carbons (Fsp3) is 0.600. The fourth-order valence-corrected chi connectivity index (χ4v) is 14.3. The summed E-state index contributed by atoms with van der Waals surface area (Å²) in [6, 6.07) is 0. The normalized spacial score (nSPS) is 25.3. The number of hydrogen-bond acceptors (Lipinski definition) is 0. The first-order chi connectivity index (χ1) is 13.9. The van der Waals surface area contributed by atoms with Crippen LogP contribution in [-0.4, -0.2) is 0 Å². The van der Waals surface area contributed by atoms with Gasteiger partial charge >= 0.3 is 200 Å². The maximum atomic E-state index is 2.50. The van der Waals surface area contributed by atoms with E-state index in [4.69, 9.17) is 0 Å². The number of rotatable bonds is 3. The standard InChI is InChI=1S/3C10H15.Ti/c3*1-7-6-10(4,5)9(3)8(7)2;/h3*1-5H3;. The Balaban J connectivity index is 2.44. The van der Waals surface area contributed by atoms with Crippen LogP contribution in [0.3, 0.4) is 0 Å². The van der Waals surface area contributed by atoms with Crippen molar-refractivity contribution in [3.05, 3.63) is 61.8 Å². The van der Waals surface area contributed by atoms with Gasteiger partial charge in [0.2, 0.25) is 0 Å². The van der Waals surface area contributed by atoms with Crippen LogP contribution in [0.4, 0.5) is 0 Å².